The van der Waals surface area contributed by atoms with Gasteiger partial charge in [-0.1, -0.05) is 166 Å². The van der Waals surface area contributed by atoms with E-state index in [1.54, 1.807) is 45.0 Å². The van der Waals surface area contributed by atoms with Gasteiger partial charge in [0.25, 0.3) is 0 Å². The van der Waals surface area contributed by atoms with Crippen molar-refractivity contribution in [2.24, 2.45) is 23.7 Å². The molecular weight excluding hydrogens is 811 g/mol. The number of hydrogen-bond donors (Lipinski definition) is 0. The summed E-state index contributed by atoms with van der Waals surface area (Å²) in [5.74, 6) is 1.43. The summed E-state index contributed by atoms with van der Waals surface area (Å²) in [5.41, 5.74) is 7.42. The maximum atomic E-state index is 12.6. The topological polar surface area (TPSA) is 0 Å². The number of halogens is 6. The van der Waals surface area contributed by atoms with E-state index >= 15 is 0 Å². The fourth-order valence-electron chi connectivity index (χ4n) is 6.40. The molecule has 0 amide bonds. The lowest BCUT2D eigenvalue weighted by molar-refractivity contribution is 0.308. The van der Waals surface area contributed by atoms with E-state index < -0.39 is 23.3 Å². The summed E-state index contributed by atoms with van der Waals surface area (Å²) in [4.78, 5) is 0. The lowest BCUT2D eigenvalue weighted by Crippen LogP contribution is -2.08. The van der Waals surface area contributed by atoms with Crippen molar-refractivity contribution in [2.45, 2.75) is 163 Å². The zero-order valence-electron chi connectivity index (χ0n) is 40.3. The van der Waals surface area contributed by atoms with E-state index in [0.717, 1.165) is 34.8 Å². The maximum Gasteiger partial charge on any atom is 0.161 e. The molecule has 2 aliphatic rings. The van der Waals surface area contributed by atoms with Crippen LogP contribution in [0.1, 0.15) is 150 Å². The second-order valence-corrected chi connectivity index (χ2v) is 18.1. The van der Waals surface area contributed by atoms with E-state index in [9.17, 15) is 26.3 Å². The molecule has 0 aromatic heterocycles. The van der Waals surface area contributed by atoms with Crippen LogP contribution in [0.25, 0.3) is 0 Å². The first-order valence-corrected chi connectivity index (χ1v) is 22.3. The molecule has 0 unspecified atom stereocenters. The SMILES string of the molecule is C.C.CC1CCC(C)CC1.CC1CCC(C)CC1.Cc1cc(F)c(C)c(F)c1.Cc1ccc(C)c(F)c1.Cc1ccc(C)c(F)c1.Cc1ccc(C)c(F)c1F.Cc1ccc(C)cc1. The normalized spacial score (nSPS) is 16.9. The summed E-state index contributed by atoms with van der Waals surface area (Å²) >= 11 is 0. The Morgan fingerprint density at radius 3 is 0.750 bits per heavy atom. The monoisotopic (exact) mass is 895 g/mol. The van der Waals surface area contributed by atoms with Crippen LogP contribution in [0.3, 0.4) is 0 Å². The number of aryl methyl sites for hydroxylation is 9. The van der Waals surface area contributed by atoms with Gasteiger partial charge in [0.05, 0.1) is 0 Å². The largest absolute Gasteiger partial charge is 0.207 e. The highest BCUT2D eigenvalue weighted by Gasteiger charge is 2.14. The van der Waals surface area contributed by atoms with E-state index in [1.807, 2.05) is 26.0 Å². The molecule has 0 saturated heterocycles. The third kappa shape index (κ3) is 25.8. The highest BCUT2D eigenvalue weighted by molar-refractivity contribution is 5.25. The van der Waals surface area contributed by atoms with Crippen LogP contribution in [-0.4, -0.2) is 0 Å². The van der Waals surface area contributed by atoms with Crippen molar-refractivity contribution in [3.05, 3.63) is 175 Å². The van der Waals surface area contributed by atoms with Crippen LogP contribution >= 0.6 is 0 Å². The molecule has 0 bridgehead atoms. The fraction of sp³-hybridized carbons (Fsp3) is 0.483. The first kappa shape index (κ1) is 61.8. The standard InChI is InChI=1S/2C8H8F2.2C8H9F.2C8H16.C8H10.2CH4/c1-5-3-7(9)6(2)8(10)4-5;1-5-3-4-6(2)8(10)7(5)9;2*1-6-3-4-7(2)8(9)5-6;3*1-7-3-5-8(2)6-4-7;;/h2*3-4H,1-2H3;2*3-5H,1-2H3;2*7-8H,3-6H2,1-2H3;3-6H,1-2H3;2*1H4. The number of hydrogen-bond acceptors (Lipinski definition) is 0. The Hall–Kier alpha value is -4.32. The minimum Gasteiger partial charge on any atom is -0.207 e. The van der Waals surface area contributed by atoms with Crippen molar-refractivity contribution in [2.75, 3.05) is 0 Å². The van der Waals surface area contributed by atoms with Gasteiger partial charge in [-0.3, -0.25) is 0 Å². The molecule has 6 heteroatoms. The highest BCUT2D eigenvalue weighted by atomic mass is 19.2. The Bertz CT molecular complexity index is 1860. The second kappa shape index (κ2) is 32.4. The summed E-state index contributed by atoms with van der Waals surface area (Å²) in [5, 5.41) is 0. The molecule has 5 aromatic carbocycles. The van der Waals surface area contributed by atoms with Crippen LogP contribution in [0.5, 0.6) is 0 Å². The molecule has 358 valence electrons. The molecule has 0 radical (unpaired) electrons. The van der Waals surface area contributed by atoms with Gasteiger partial charge in [0, 0.05) is 5.56 Å². The molecule has 0 atom stereocenters. The minimum absolute atomic E-state index is 0. The molecular formula is C58H84F6. The molecule has 0 nitrogen and oxygen atoms in total. The molecule has 0 N–H and O–H groups in total. The predicted molar refractivity (Wildman–Crippen MR) is 266 cm³/mol. The quantitative estimate of drug-likeness (QED) is 0.136. The van der Waals surface area contributed by atoms with E-state index in [0.29, 0.717) is 27.8 Å². The van der Waals surface area contributed by atoms with Gasteiger partial charge in [-0.25, -0.2) is 26.3 Å². The van der Waals surface area contributed by atoms with Crippen LogP contribution in [0, 0.1) is 128 Å². The van der Waals surface area contributed by atoms with E-state index in [2.05, 4.69) is 65.8 Å². The van der Waals surface area contributed by atoms with Crippen LogP contribution in [0.2, 0.25) is 0 Å². The molecule has 2 fully saturated rings. The van der Waals surface area contributed by atoms with E-state index in [1.165, 1.54) is 108 Å². The van der Waals surface area contributed by atoms with E-state index in [-0.39, 0.29) is 32.1 Å². The molecule has 2 saturated carbocycles. The smallest absolute Gasteiger partial charge is 0.161 e. The van der Waals surface area contributed by atoms with Crippen molar-refractivity contribution in [3.63, 3.8) is 0 Å². The average molecular weight is 895 g/mol. The van der Waals surface area contributed by atoms with Gasteiger partial charge in [-0.15, -0.1) is 0 Å². The van der Waals surface area contributed by atoms with E-state index in [4.69, 9.17) is 0 Å². The summed E-state index contributed by atoms with van der Waals surface area (Å²) in [6.07, 6.45) is 11.8. The van der Waals surface area contributed by atoms with Gasteiger partial charge < -0.3 is 0 Å². The fourth-order valence-corrected chi connectivity index (χ4v) is 6.40. The lowest BCUT2D eigenvalue weighted by atomic mass is 9.84. The predicted octanol–water partition coefficient (Wildman–Crippen LogP) is 19.3. The summed E-state index contributed by atoms with van der Waals surface area (Å²) in [6.45, 7) is 27.1. The van der Waals surface area contributed by atoms with Crippen molar-refractivity contribution in [3.8, 4) is 0 Å². The van der Waals surface area contributed by atoms with Crippen LogP contribution in [0.4, 0.5) is 26.3 Å². The van der Waals surface area contributed by atoms with Gasteiger partial charge in [0.15, 0.2) is 11.6 Å². The van der Waals surface area contributed by atoms with Crippen molar-refractivity contribution < 1.29 is 26.3 Å². The molecule has 7 rings (SSSR count). The maximum absolute atomic E-state index is 12.6. The number of rotatable bonds is 0. The second-order valence-electron chi connectivity index (χ2n) is 18.1. The number of benzene rings is 5. The molecule has 5 aromatic rings. The Labute approximate surface area is 387 Å². The van der Waals surface area contributed by atoms with Gasteiger partial charge in [-0.2, -0.15) is 0 Å². The van der Waals surface area contributed by atoms with Crippen molar-refractivity contribution in [1.82, 2.24) is 0 Å². The van der Waals surface area contributed by atoms with Crippen LogP contribution in [-0.2, 0) is 0 Å². The Morgan fingerprint density at radius 2 is 0.516 bits per heavy atom. The summed E-state index contributed by atoms with van der Waals surface area (Å²) in [6, 6.07) is 24.7. The molecule has 0 heterocycles. The first-order chi connectivity index (χ1) is 29.0. The van der Waals surface area contributed by atoms with Crippen molar-refractivity contribution in [1.29, 1.82) is 0 Å². The zero-order chi connectivity index (χ0) is 47.1. The Morgan fingerprint density at radius 1 is 0.297 bits per heavy atom. The molecule has 64 heavy (non-hydrogen) atoms. The average Bonchev–Trinajstić information content (AvgIpc) is 3.22. The highest BCUT2D eigenvalue weighted by Crippen LogP contribution is 2.28. The third-order valence-corrected chi connectivity index (χ3v) is 11.4. The summed E-state index contributed by atoms with van der Waals surface area (Å²) < 4.78 is 75.6. The first-order valence-electron chi connectivity index (χ1n) is 22.3. The zero-order valence-corrected chi connectivity index (χ0v) is 40.3. The molecule has 0 spiro atoms. The van der Waals surface area contributed by atoms with Crippen LogP contribution in [0.15, 0.2) is 84.9 Å². The molecule has 0 aliphatic heterocycles. The van der Waals surface area contributed by atoms with Gasteiger partial charge >= 0.3 is 0 Å². The van der Waals surface area contributed by atoms with Gasteiger partial charge in [0.2, 0.25) is 0 Å². The minimum atomic E-state index is -0.736. The lowest BCUT2D eigenvalue weighted by Gasteiger charge is -2.22. The van der Waals surface area contributed by atoms with Crippen molar-refractivity contribution >= 4 is 0 Å². The third-order valence-electron chi connectivity index (χ3n) is 11.4. The van der Waals surface area contributed by atoms with Crippen LogP contribution < -0.4 is 0 Å². The van der Waals surface area contributed by atoms with Gasteiger partial charge in [0.1, 0.15) is 23.3 Å². The summed E-state index contributed by atoms with van der Waals surface area (Å²) in [7, 11) is 0. The molecule has 2 aliphatic carbocycles. The Balaban J connectivity index is 0. The Kier molecular flexibility index (Phi) is 31.2. The van der Waals surface area contributed by atoms with Gasteiger partial charge in [-0.05, 0) is 156 Å².